The van der Waals surface area contributed by atoms with Gasteiger partial charge in [-0.15, -0.1) is 0 Å². The molecule has 0 saturated heterocycles. The fourth-order valence-electron chi connectivity index (χ4n) is 3.08. The average molecular weight is 394 g/mol. The fraction of sp³-hybridized carbons (Fsp3) is 0.381. The molecule has 1 aliphatic rings. The van der Waals surface area contributed by atoms with Crippen LogP contribution in [0.25, 0.3) is 0 Å². The number of amides is 1. The van der Waals surface area contributed by atoms with Crippen LogP contribution in [-0.2, 0) is 17.4 Å². The number of carbonyl (C=O) groups is 1. The quantitative estimate of drug-likeness (QED) is 0.682. The van der Waals surface area contributed by atoms with E-state index in [1.165, 1.54) is 12.1 Å². The van der Waals surface area contributed by atoms with E-state index in [9.17, 15) is 22.4 Å². The second-order valence-corrected chi connectivity index (χ2v) is 7.24. The van der Waals surface area contributed by atoms with Crippen molar-refractivity contribution in [3.05, 3.63) is 65.0 Å². The van der Waals surface area contributed by atoms with Crippen LogP contribution >= 0.6 is 0 Å². The fourth-order valence-corrected chi connectivity index (χ4v) is 3.08. The molecule has 0 atom stereocenters. The van der Waals surface area contributed by atoms with E-state index in [0.29, 0.717) is 35.7 Å². The van der Waals surface area contributed by atoms with E-state index in [1.54, 1.807) is 30.1 Å². The molecule has 3 nitrogen and oxygen atoms in total. The van der Waals surface area contributed by atoms with Gasteiger partial charge in [-0.3, -0.25) is 9.69 Å². The van der Waals surface area contributed by atoms with E-state index < -0.39 is 11.7 Å². The first-order valence-corrected chi connectivity index (χ1v) is 9.16. The lowest BCUT2D eigenvalue weighted by atomic mass is 10.1. The summed E-state index contributed by atoms with van der Waals surface area (Å²) >= 11 is 0. The molecule has 150 valence electrons. The number of alkyl halides is 3. The molecule has 0 bridgehead atoms. The first kappa shape index (κ1) is 20.3. The molecule has 0 radical (unpaired) electrons. The van der Waals surface area contributed by atoms with Gasteiger partial charge in [0.05, 0.1) is 12.1 Å². The third-order valence-corrected chi connectivity index (χ3v) is 4.75. The molecular formula is C21H22F4N2O. The summed E-state index contributed by atoms with van der Waals surface area (Å²) < 4.78 is 52.3. The van der Waals surface area contributed by atoms with Gasteiger partial charge in [0, 0.05) is 12.2 Å². The first-order chi connectivity index (χ1) is 13.2. The van der Waals surface area contributed by atoms with Crippen LogP contribution in [0.3, 0.4) is 0 Å². The molecule has 1 N–H and O–H groups in total. The smallest absolute Gasteiger partial charge is 0.325 e. The molecule has 1 aliphatic carbocycles. The summed E-state index contributed by atoms with van der Waals surface area (Å²) in [6.45, 7) is 0.481. The van der Waals surface area contributed by atoms with E-state index >= 15 is 0 Å². The van der Waals surface area contributed by atoms with Crippen molar-refractivity contribution in [3.63, 3.8) is 0 Å². The number of anilines is 1. The Kier molecular flexibility index (Phi) is 6.03. The Hall–Kier alpha value is -2.41. The maximum absolute atomic E-state index is 14.0. The molecule has 1 amide bonds. The van der Waals surface area contributed by atoms with Gasteiger partial charge in [0.2, 0.25) is 5.91 Å². The molecule has 2 aromatic rings. The zero-order valence-corrected chi connectivity index (χ0v) is 15.5. The first-order valence-electron chi connectivity index (χ1n) is 9.16. The summed E-state index contributed by atoms with van der Waals surface area (Å²) in [5.41, 5.74) is 0.969. The van der Waals surface area contributed by atoms with Crippen LogP contribution in [0.15, 0.2) is 42.5 Å². The lowest BCUT2D eigenvalue weighted by Crippen LogP contribution is -2.31. The van der Waals surface area contributed by atoms with Gasteiger partial charge in [-0.25, -0.2) is 4.39 Å². The van der Waals surface area contributed by atoms with Gasteiger partial charge in [-0.1, -0.05) is 24.3 Å². The average Bonchev–Trinajstić information content (AvgIpc) is 3.44. The van der Waals surface area contributed by atoms with Gasteiger partial charge >= 0.3 is 6.18 Å². The van der Waals surface area contributed by atoms with E-state index in [1.807, 2.05) is 0 Å². The molecule has 0 spiro atoms. The number of benzene rings is 2. The number of nitrogens with one attached hydrogen (secondary N) is 1. The van der Waals surface area contributed by atoms with Crippen LogP contribution in [0.2, 0.25) is 0 Å². The lowest BCUT2D eigenvalue weighted by molar-refractivity contribution is -0.137. The Morgan fingerprint density at radius 3 is 2.57 bits per heavy atom. The Morgan fingerprint density at radius 1 is 1.18 bits per heavy atom. The predicted molar refractivity (Wildman–Crippen MR) is 99.6 cm³/mol. The highest BCUT2D eigenvalue weighted by Gasteiger charge is 2.30. The summed E-state index contributed by atoms with van der Waals surface area (Å²) in [5, 5.41) is 2.66. The molecule has 7 heteroatoms. The number of likely N-dealkylation sites (N-methyl/N-ethyl adjacent to an activating group) is 1. The highest BCUT2D eigenvalue weighted by Crippen LogP contribution is 2.41. The molecule has 0 heterocycles. The van der Waals surface area contributed by atoms with Gasteiger partial charge in [0.1, 0.15) is 5.82 Å². The van der Waals surface area contributed by atoms with Gasteiger partial charge in [-0.05, 0) is 61.6 Å². The van der Waals surface area contributed by atoms with Crippen molar-refractivity contribution >= 4 is 11.6 Å². The van der Waals surface area contributed by atoms with Crippen molar-refractivity contribution in [3.8, 4) is 0 Å². The molecule has 0 aromatic heterocycles. The molecule has 1 fully saturated rings. The molecule has 2 aromatic carbocycles. The van der Waals surface area contributed by atoms with Crippen LogP contribution in [0.4, 0.5) is 23.2 Å². The molecule has 3 rings (SSSR count). The largest absolute Gasteiger partial charge is 0.416 e. The van der Waals surface area contributed by atoms with Crippen LogP contribution in [0.5, 0.6) is 0 Å². The van der Waals surface area contributed by atoms with E-state index in [4.69, 9.17) is 0 Å². The number of carbonyl (C=O) groups excluding carboxylic acids is 1. The summed E-state index contributed by atoms with van der Waals surface area (Å²) in [5.74, 6) is -0.310. The second-order valence-electron chi connectivity index (χ2n) is 7.24. The Labute approximate surface area is 161 Å². The normalized spacial score (nSPS) is 14.4. The molecule has 1 saturated carbocycles. The molecule has 0 aliphatic heterocycles. The van der Waals surface area contributed by atoms with Crippen LogP contribution < -0.4 is 5.32 Å². The highest BCUT2D eigenvalue weighted by molar-refractivity contribution is 5.92. The Morgan fingerprint density at radius 2 is 1.93 bits per heavy atom. The van der Waals surface area contributed by atoms with Gasteiger partial charge in [0.25, 0.3) is 0 Å². The zero-order valence-electron chi connectivity index (χ0n) is 15.5. The van der Waals surface area contributed by atoms with Crippen molar-refractivity contribution in [2.24, 2.45) is 0 Å². The van der Waals surface area contributed by atoms with Crippen molar-refractivity contribution in [1.29, 1.82) is 0 Å². The minimum absolute atomic E-state index is 0.0605. The van der Waals surface area contributed by atoms with E-state index in [0.717, 1.165) is 25.0 Å². The number of hydrogen-bond donors (Lipinski definition) is 1. The maximum atomic E-state index is 14.0. The minimum atomic E-state index is -4.37. The van der Waals surface area contributed by atoms with E-state index in [-0.39, 0.29) is 18.3 Å². The second kappa shape index (κ2) is 8.31. The summed E-state index contributed by atoms with van der Waals surface area (Å²) in [4.78, 5) is 13.9. The van der Waals surface area contributed by atoms with Crippen LogP contribution in [-0.4, -0.2) is 30.9 Å². The number of hydrogen-bond acceptors (Lipinski definition) is 2. The maximum Gasteiger partial charge on any atom is 0.416 e. The minimum Gasteiger partial charge on any atom is -0.325 e. The number of halogens is 4. The van der Waals surface area contributed by atoms with Gasteiger partial charge < -0.3 is 5.32 Å². The van der Waals surface area contributed by atoms with Crippen molar-refractivity contribution in [2.75, 3.05) is 25.5 Å². The van der Waals surface area contributed by atoms with Gasteiger partial charge in [0.15, 0.2) is 0 Å². The third kappa shape index (κ3) is 5.55. The summed E-state index contributed by atoms with van der Waals surface area (Å²) in [7, 11) is 1.71. The SMILES string of the molecule is CN(CCc1cccc(C(F)(F)F)c1)CC(=O)Nc1ccc(C2CC2)c(F)c1. The van der Waals surface area contributed by atoms with E-state index in [2.05, 4.69) is 5.32 Å². The summed E-state index contributed by atoms with van der Waals surface area (Å²) in [6.07, 6.45) is -1.98. The zero-order chi connectivity index (χ0) is 20.3. The third-order valence-electron chi connectivity index (χ3n) is 4.75. The number of rotatable bonds is 7. The molecule has 28 heavy (non-hydrogen) atoms. The monoisotopic (exact) mass is 394 g/mol. The lowest BCUT2D eigenvalue weighted by Gasteiger charge is -2.17. The standard InChI is InChI=1S/C21H22F4N2O/c1-27(10-9-14-3-2-4-16(11-14)21(23,24)25)13-20(28)26-17-7-8-18(15-5-6-15)19(22)12-17/h2-4,7-8,11-12,15H,5-6,9-10,13H2,1H3,(H,26,28). The molecule has 0 unspecified atom stereocenters. The van der Waals surface area contributed by atoms with Crippen molar-refractivity contribution in [1.82, 2.24) is 4.90 Å². The predicted octanol–water partition coefficient (Wildman–Crippen LogP) is 4.83. The Balaban J connectivity index is 1.49. The Bertz CT molecular complexity index is 847. The highest BCUT2D eigenvalue weighted by atomic mass is 19.4. The van der Waals surface area contributed by atoms with Crippen molar-refractivity contribution < 1.29 is 22.4 Å². The van der Waals surface area contributed by atoms with Gasteiger partial charge in [-0.2, -0.15) is 13.2 Å². The van der Waals surface area contributed by atoms with Crippen LogP contribution in [0.1, 0.15) is 35.4 Å². The van der Waals surface area contributed by atoms with Crippen LogP contribution in [0, 0.1) is 5.82 Å². The number of nitrogens with zero attached hydrogens (tertiary/aromatic N) is 1. The summed E-state index contributed by atoms with van der Waals surface area (Å²) in [6, 6.07) is 9.90. The molecular weight excluding hydrogens is 372 g/mol. The van der Waals surface area contributed by atoms with Crippen molar-refractivity contribution in [2.45, 2.75) is 31.4 Å². The topological polar surface area (TPSA) is 32.3 Å².